The van der Waals surface area contributed by atoms with Crippen LogP contribution >= 0.6 is 0 Å². The Hall–Kier alpha value is -4.10. The molecule has 0 unspecified atom stereocenters. The fraction of sp³-hybridized carbons (Fsp3) is 0.280. The zero-order valence-electron chi connectivity index (χ0n) is 19.3. The molecule has 0 saturated carbocycles. The van der Waals surface area contributed by atoms with Crippen LogP contribution < -0.4 is 5.73 Å². The molecular formula is C25H23F2N7O. The summed E-state index contributed by atoms with van der Waals surface area (Å²) < 4.78 is 32.0. The third-order valence-electron chi connectivity index (χ3n) is 6.41. The van der Waals surface area contributed by atoms with Gasteiger partial charge in [0.05, 0.1) is 22.2 Å². The molecule has 8 nitrogen and oxygen atoms in total. The van der Waals surface area contributed by atoms with Crippen LogP contribution in [0.15, 0.2) is 36.4 Å². The summed E-state index contributed by atoms with van der Waals surface area (Å²) in [5.74, 6) is -1.15. The minimum atomic E-state index is -0.694. The third-order valence-corrected chi connectivity index (χ3v) is 6.41. The number of nitrogens with zero attached hydrogens (tertiary/aromatic N) is 6. The number of fused-ring (bicyclic) bond motifs is 1. The summed E-state index contributed by atoms with van der Waals surface area (Å²) in [5.41, 5.74) is 8.13. The molecule has 1 aliphatic heterocycles. The molecule has 0 radical (unpaired) electrons. The van der Waals surface area contributed by atoms with E-state index in [1.54, 1.807) is 46.7 Å². The van der Waals surface area contributed by atoms with E-state index in [0.29, 0.717) is 46.8 Å². The molecular weight excluding hydrogens is 452 g/mol. The number of hydrogen-bond acceptors (Lipinski definition) is 5. The number of aryl methyl sites for hydroxylation is 1. The van der Waals surface area contributed by atoms with Crippen molar-refractivity contribution in [2.24, 2.45) is 12.8 Å². The van der Waals surface area contributed by atoms with Gasteiger partial charge in [-0.2, -0.15) is 14.8 Å². The van der Waals surface area contributed by atoms with Gasteiger partial charge in [0.15, 0.2) is 0 Å². The summed E-state index contributed by atoms with van der Waals surface area (Å²) in [5, 5.41) is 13.6. The fourth-order valence-corrected chi connectivity index (χ4v) is 4.60. The molecule has 4 aromatic rings. The van der Waals surface area contributed by atoms with Gasteiger partial charge in [-0.05, 0) is 56.2 Å². The maximum absolute atomic E-state index is 14.7. The Morgan fingerprint density at radius 2 is 2.03 bits per heavy atom. The second kappa shape index (κ2) is 8.60. The lowest BCUT2D eigenvalue weighted by Crippen LogP contribution is -2.46. The number of hydrogen-bond donors (Lipinski definition) is 1. The quantitative estimate of drug-likeness (QED) is 0.489. The molecule has 1 saturated heterocycles. The summed E-state index contributed by atoms with van der Waals surface area (Å²) in [6.45, 7) is 2.75. The SMILES string of the molecule is Cc1c(C(=O)N2CCC[C@@H](N)C2)nc(-c2ccc(C#N)c(F)c2)n1-c1ccc2nn(C)c(F)c2c1. The molecule has 35 heavy (non-hydrogen) atoms. The lowest BCUT2D eigenvalue weighted by molar-refractivity contribution is 0.0702. The standard InChI is InChI=1S/C25H23F2N7O/c1-14-22(25(35)33-9-3-4-17(29)13-33)30-24(15-5-6-16(12-28)20(26)10-15)34(14)18-7-8-21-19(11-18)23(27)32(2)31-21/h5-8,10-11,17H,3-4,9,13,29H2,1-2H3/t17-/m1/s1. The van der Waals surface area contributed by atoms with Gasteiger partial charge in [0.1, 0.15) is 23.4 Å². The number of likely N-dealkylation sites (tertiary alicyclic amines) is 1. The number of piperidine rings is 1. The molecule has 0 bridgehead atoms. The number of rotatable bonds is 3. The second-order valence-electron chi connectivity index (χ2n) is 8.78. The van der Waals surface area contributed by atoms with E-state index < -0.39 is 11.8 Å². The van der Waals surface area contributed by atoms with Crippen LogP contribution in [-0.2, 0) is 7.05 Å². The first-order valence-electron chi connectivity index (χ1n) is 11.3. The molecule has 2 N–H and O–H groups in total. The van der Waals surface area contributed by atoms with Gasteiger partial charge in [0.25, 0.3) is 5.91 Å². The average molecular weight is 476 g/mol. The predicted octanol–water partition coefficient (Wildman–Crippen LogP) is 3.45. The van der Waals surface area contributed by atoms with Gasteiger partial charge in [0.2, 0.25) is 5.95 Å². The van der Waals surface area contributed by atoms with E-state index in [0.717, 1.165) is 17.5 Å². The number of aromatic nitrogens is 4. The first-order valence-corrected chi connectivity index (χ1v) is 11.3. The van der Waals surface area contributed by atoms with Crippen molar-refractivity contribution in [1.82, 2.24) is 24.2 Å². The van der Waals surface area contributed by atoms with Gasteiger partial charge in [0, 0.05) is 37.4 Å². The number of nitriles is 1. The number of carbonyl (C=O) groups is 1. The van der Waals surface area contributed by atoms with Crippen LogP contribution in [-0.4, -0.2) is 49.3 Å². The van der Waals surface area contributed by atoms with Crippen molar-refractivity contribution in [2.45, 2.75) is 25.8 Å². The molecule has 1 fully saturated rings. The number of amides is 1. The summed E-state index contributed by atoms with van der Waals surface area (Å²) >= 11 is 0. The van der Waals surface area contributed by atoms with Crippen LogP contribution in [0.4, 0.5) is 8.78 Å². The highest BCUT2D eigenvalue weighted by molar-refractivity contribution is 5.95. The van der Waals surface area contributed by atoms with Crippen molar-refractivity contribution < 1.29 is 13.6 Å². The predicted molar refractivity (Wildman–Crippen MR) is 126 cm³/mol. The first-order chi connectivity index (χ1) is 16.8. The van der Waals surface area contributed by atoms with Crippen molar-refractivity contribution in [2.75, 3.05) is 13.1 Å². The summed E-state index contributed by atoms with van der Waals surface area (Å²) in [6, 6.07) is 10.9. The zero-order chi connectivity index (χ0) is 24.9. The molecule has 0 spiro atoms. The molecule has 3 heterocycles. The van der Waals surface area contributed by atoms with E-state index in [-0.39, 0.29) is 23.2 Å². The molecule has 2 aromatic carbocycles. The molecule has 10 heteroatoms. The van der Waals surface area contributed by atoms with Crippen LogP contribution in [0.25, 0.3) is 28.0 Å². The molecule has 1 amide bonds. The largest absolute Gasteiger partial charge is 0.336 e. The van der Waals surface area contributed by atoms with Crippen LogP contribution in [0, 0.1) is 30.0 Å². The van der Waals surface area contributed by atoms with Crippen molar-refractivity contribution in [3.05, 3.63) is 65.1 Å². The third kappa shape index (κ3) is 3.84. The van der Waals surface area contributed by atoms with Gasteiger partial charge in [-0.1, -0.05) is 0 Å². The van der Waals surface area contributed by atoms with Gasteiger partial charge in [-0.15, -0.1) is 0 Å². The van der Waals surface area contributed by atoms with Crippen molar-refractivity contribution in [3.8, 4) is 23.1 Å². The number of imidazole rings is 1. The Kier molecular flexibility index (Phi) is 5.57. The van der Waals surface area contributed by atoms with Crippen LogP contribution in [0.1, 0.15) is 34.6 Å². The maximum Gasteiger partial charge on any atom is 0.274 e. The monoisotopic (exact) mass is 475 g/mol. The highest BCUT2D eigenvalue weighted by atomic mass is 19.1. The molecule has 0 aliphatic carbocycles. The number of halogens is 2. The van der Waals surface area contributed by atoms with E-state index in [1.165, 1.54) is 19.2 Å². The van der Waals surface area contributed by atoms with E-state index in [9.17, 15) is 13.6 Å². The Balaban J connectivity index is 1.70. The lowest BCUT2D eigenvalue weighted by Gasteiger charge is -2.30. The summed E-state index contributed by atoms with van der Waals surface area (Å²) in [7, 11) is 1.52. The molecule has 1 aliphatic rings. The van der Waals surface area contributed by atoms with Crippen LogP contribution in [0.2, 0.25) is 0 Å². The molecule has 178 valence electrons. The smallest absolute Gasteiger partial charge is 0.274 e. The zero-order valence-corrected chi connectivity index (χ0v) is 19.3. The highest BCUT2D eigenvalue weighted by Crippen LogP contribution is 2.30. The Morgan fingerprint density at radius 3 is 2.74 bits per heavy atom. The Bertz CT molecular complexity index is 1510. The van der Waals surface area contributed by atoms with Crippen molar-refractivity contribution >= 4 is 16.8 Å². The number of nitrogens with two attached hydrogens (primary N) is 1. The number of carbonyl (C=O) groups excluding carboxylic acids is 1. The Labute approximate surface area is 200 Å². The van der Waals surface area contributed by atoms with Crippen LogP contribution in [0.5, 0.6) is 0 Å². The van der Waals surface area contributed by atoms with Crippen molar-refractivity contribution in [3.63, 3.8) is 0 Å². The van der Waals surface area contributed by atoms with E-state index in [1.807, 2.05) is 0 Å². The molecule has 1 atom stereocenters. The average Bonchev–Trinajstić information content (AvgIpc) is 3.34. The van der Waals surface area contributed by atoms with Gasteiger partial charge < -0.3 is 10.6 Å². The van der Waals surface area contributed by atoms with E-state index in [2.05, 4.69) is 10.1 Å². The summed E-state index contributed by atoms with van der Waals surface area (Å²) in [4.78, 5) is 19.7. The van der Waals surface area contributed by atoms with Gasteiger partial charge >= 0.3 is 0 Å². The number of benzene rings is 2. The minimum Gasteiger partial charge on any atom is -0.336 e. The summed E-state index contributed by atoms with van der Waals surface area (Å²) in [6.07, 6.45) is 1.65. The highest BCUT2D eigenvalue weighted by Gasteiger charge is 2.28. The van der Waals surface area contributed by atoms with E-state index >= 15 is 0 Å². The van der Waals surface area contributed by atoms with Gasteiger partial charge in [-0.3, -0.25) is 9.36 Å². The molecule has 5 rings (SSSR count). The van der Waals surface area contributed by atoms with Gasteiger partial charge in [-0.25, -0.2) is 14.1 Å². The Morgan fingerprint density at radius 1 is 1.23 bits per heavy atom. The topological polar surface area (TPSA) is 106 Å². The maximum atomic E-state index is 14.7. The fourth-order valence-electron chi connectivity index (χ4n) is 4.60. The van der Waals surface area contributed by atoms with Crippen molar-refractivity contribution in [1.29, 1.82) is 5.26 Å². The lowest BCUT2D eigenvalue weighted by atomic mass is 10.1. The minimum absolute atomic E-state index is 0.0963. The molecule has 2 aromatic heterocycles. The second-order valence-corrected chi connectivity index (χ2v) is 8.78. The first kappa shape index (κ1) is 22.7. The van der Waals surface area contributed by atoms with E-state index in [4.69, 9.17) is 11.0 Å². The normalized spacial score (nSPS) is 16.0. The van der Waals surface area contributed by atoms with Crippen LogP contribution in [0.3, 0.4) is 0 Å².